The zero-order valence-electron chi connectivity index (χ0n) is 7.75. The Balaban J connectivity index is 1.62. The maximum atomic E-state index is 5.22. The van der Waals surface area contributed by atoms with E-state index in [0.29, 0.717) is 6.10 Å². The Bertz CT molecular complexity index is 139. The van der Waals surface area contributed by atoms with E-state index in [4.69, 9.17) is 4.74 Å². The Morgan fingerprint density at radius 2 is 2.33 bits per heavy atom. The van der Waals surface area contributed by atoms with Crippen molar-refractivity contribution in [3.05, 3.63) is 0 Å². The van der Waals surface area contributed by atoms with Gasteiger partial charge >= 0.3 is 0 Å². The van der Waals surface area contributed by atoms with Crippen LogP contribution >= 0.6 is 0 Å². The Morgan fingerprint density at radius 3 is 2.92 bits per heavy atom. The van der Waals surface area contributed by atoms with E-state index in [2.05, 4.69) is 10.2 Å². The lowest BCUT2D eigenvalue weighted by Gasteiger charge is -2.39. The van der Waals surface area contributed by atoms with Gasteiger partial charge in [0.2, 0.25) is 0 Å². The summed E-state index contributed by atoms with van der Waals surface area (Å²) in [5.74, 6) is 0.891. The molecule has 2 rings (SSSR count). The van der Waals surface area contributed by atoms with E-state index in [9.17, 15) is 0 Å². The average molecular weight is 170 g/mol. The third-order valence-corrected chi connectivity index (χ3v) is 2.94. The largest absolute Gasteiger partial charge is 0.379 e. The first kappa shape index (κ1) is 8.48. The van der Waals surface area contributed by atoms with Crippen molar-refractivity contribution in [1.82, 2.24) is 10.2 Å². The van der Waals surface area contributed by atoms with E-state index in [1.807, 2.05) is 0 Å². The highest BCUT2D eigenvalue weighted by molar-refractivity contribution is 4.84. The van der Waals surface area contributed by atoms with Gasteiger partial charge in [-0.25, -0.2) is 0 Å². The van der Waals surface area contributed by atoms with Crippen molar-refractivity contribution in [1.29, 1.82) is 0 Å². The maximum Gasteiger partial charge on any atom is 0.0824 e. The van der Waals surface area contributed by atoms with Crippen LogP contribution in [0.15, 0.2) is 0 Å². The summed E-state index contributed by atoms with van der Waals surface area (Å²) in [6, 6.07) is 0. The molecule has 0 radical (unpaired) electrons. The highest BCUT2D eigenvalue weighted by atomic mass is 16.5. The van der Waals surface area contributed by atoms with Crippen molar-refractivity contribution in [3.63, 3.8) is 0 Å². The topological polar surface area (TPSA) is 24.5 Å². The maximum absolute atomic E-state index is 5.22. The molecule has 0 saturated carbocycles. The van der Waals surface area contributed by atoms with Gasteiger partial charge in [-0.2, -0.15) is 0 Å². The summed E-state index contributed by atoms with van der Waals surface area (Å²) in [6.45, 7) is 5.99. The second kappa shape index (κ2) is 3.73. The van der Waals surface area contributed by atoms with Gasteiger partial charge in [-0.1, -0.05) is 0 Å². The second-order valence-corrected chi connectivity index (χ2v) is 3.94. The van der Waals surface area contributed by atoms with Gasteiger partial charge in [-0.05, 0) is 25.4 Å². The molecule has 0 aromatic heterocycles. The number of nitrogens with zero attached hydrogens (tertiary/aromatic N) is 1. The molecule has 0 amide bonds. The molecular weight excluding hydrogens is 152 g/mol. The van der Waals surface area contributed by atoms with Crippen molar-refractivity contribution in [2.45, 2.75) is 12.5 Å². The second-order valence-electron chi connectivity index (χ2n) is 3.94. The van der Waals surface area contributed by atoms with E-state index in [1.165, 1.54) is 26.1 Å². The van der Waals surface area contributed by atoms with Gasteiger partial charge in [0, 0.05) is 26.7 Å². The van der Waals surface area contributed by atoms with Crippen LogP contribution in [-0.2, 0) is 4.74 Å². The van der Waals surface area contributed by atoms with Crippen molar-refractivity contribution in [3.8, 4) is 0 Å². The predicted molar refractivity (Wildman–Crippen MR) is 48.2 cm³/mol. The predicted octanol–water partition coefficient (Wildman–Crippen LogP) is -0.0735. The summed E-state index contributed by atoms with van der Waals surface area (Å²) in [6.07, 6.45) is 1.87. The van der Waals surface area contributed by atoms with Gasteiger partial charge in [0.05, 0.1) is 6.10 Å². The fourth-order valence-corrected chi connectivity index (χ4v) is 2.06. The minimum absolute atomic E-state index is 0.513. The molecule has 0 bridgehead atoms. The molecule has 2 saturated heterocycles. The zero-order valence-corrected chi connectivity index (χ0v) is 7.75. The first-order valence-electron chi connectivity index (χ1n) is 4.84. The number of hydrogen-bond acceptors (Lipinski definition) is 3. The Hall–Kier alpha value is -0.120. The van der Waals surface area contributed by atoms with Crippen LogP contribution in [0.1, 0.15) is 6.42 Å². The fourth-order valence-electron chi connectivity index (χ4n) is 2.06. The molecule has 2 aliphatic rings. The van der Waals surface area contributed by atoms with Crippen molar-refractivity contribution >= 4 is 0 Å². The lowest BCUT2D eigenvalue weighted by atomic mass is 10.1. The van der Waals surface area contributed by atoms with Crippen LogP contribution in [0.3, 0.4) is 0 Å². The van der Waals surface area contributed by atoms with Crippen LogP contribution in [0.2, 0.25) is 0 Å². The third kappa shape index (κ3) is 1.79. The number of likely N-dealkylation sites (tertiary alicyclic amines) is 1. The van der Waals surface area contributed by atoms with Gasteiger partial charge in [-0.3, -0.25) is 4.90 Å². The third-order valence-electron chi connectivity index (χ3n) is 2.94. The van der Waals surface area contributed by atoms with Crippen molar-refractivity contribution < 1.29 is 4.74 Å². The van der Waals surface area contributed by atoms with E-state index >= 15 is 0 Å². The highest BCUT2D eigenvalue weighted by Crippen LogP contribution is 2.16. The smallest absolute Gasteiger partial charge is 0.0824 e. The van der Waals surface area contributed by atoms with Gasteiger partial charge in [-0.15, -0.1) is 0 Å². The minimum atomic E-state index is 0.513. The number of hydrogen-bond donors (Lipinski definition) is 1. The summed E-state index contributed by atoms with van der Waals surface area (Å²) >= 11 is 0. The molecule has 2 aliphatic heterocycles. The summed E-state index contributed by atoms with van der Waals surface area (Å²) in [4.78, 5) is 2.49. The Morgan fingerprint density at radius 1 is 1.50 bits per heavy atom. The van der Waals surface area contributed by atoms with Gasteiger partial charge in [0.1, 0.15) is 0 Å². The minimum Gasteiger partial charge on any atom is -0.379 e. The van der Waals surface area contributed by atoms with E-state index in [1.54, 1.807) is 7.11 Å². The van der Waals surface area contributed by atoms with E-state index in [-0.39, 0.29) is 0 Å². The SMILES string of the molecule is COC1CN(CC2CCNC2)C1. The van der Waals surface area contributed by atoms with Crippen LogP contribution in [0.25, 0.3) is 0 Å². The molecule has 1 atom stereocenters. The standard InChI is InChI=1S/C9H18N2O/c1-12-9-6-11(7-9)5-8-2-3-10-4-8/h8-10H,2-7H2,1H3. The lowest BCUT2D eigenvalue weighted by molar-refractivity contribution is -0.0346. The van der Waals surface area contributed by atoms with Gasteiger partial charge < -0.3 is 10.1 Å². The first-order valence-corrected chi connectivity index (χ1v) is 4.84. The molecule has 3 nitrogen and oxygen atoms in total. The summed E-state index contributed by atoms with van der Waals surface area (Å²) in [7, 11) is 1.80. The molecule has 1 unspecified atom stereocenters. The average Bonchev–Trinajstić information content (AvgIpc) is 2.47. The van der Waals surface area contributed by atoms with Crippen LogP contribution < -0.4 is 5.32 Å². The first-order chi connectivity index (χ1) is 5.88. The van der Waals surface area contributed by atoms with Crippen LogP contribution in [-0.4, -0.2) is 50.8 Å². The molecule has 12 heavy (non-hydrogen) atoms. The van der Waals surface area contributed by atoms with Gasteiger partial charge in [0.25, 0.3) is 0 Å². The van der Waals surface area contributed by atoms with Crippen molar-refractivity contribution in [2.24, 2.45) is 5.92 Å². The summed E-state index contributed by atoms with van der Waals surface area (Å²) < 4.78 is 5.22. The fraction of sp³-hybridized carbons (Fsp3) is 1.00. The molecular formula is C9H18N2O. The van der Waals surface area contributed by atoms with Crippen LogP contribution in [0, 0.1) is 5.92 Å². The number of nitrogens with one attached hydrogen (secondary N) is 1. The highest BCUT2D eigenvalue weighted by Gasteiger charge is 2.28. The molecule has 70 valence electrons. The Labute approximate surface area is 74.1 Å². The van der Waals surface area contributed by atoms with E-state index < -0.39 is 0 Å². The Kier molecular flexibility index (Phi) is 2.63. The molecule has 0 spiro atoms. The van der Waals surface area contributed by atoms with Crippen molar-refractivity contribution in [2.75, 3.05) is 39.8 Å². The molecule has 0 aromatic rings. The summed E-state index contributed by atoms with van der Waals surface area (Å²) in [5.41, 5.74) is 0. The zero-order chi connectivity index (χ0) is 8.39. The van der Waals surface area contributed by atoms with Gasteiger partial charge in [0.15, 0.2) is 0 Å². The van der Waals surface area contributed by atoms with E-state index in [0.717, 1.165) is 19.0 Å². The molecule has 2 fully saturated rings. The lowest BCUT2D eigenvalue weighted by Crippen LogP contribution is -2.53. The molecule has 0 aliphatic carbocycles. The van der Waals surface area contributed by atoms with Crippen LogP contribution in [0.4, 0.5) is 0 Å². The summed E-state index contributed by atoms with van der Waals surface area (Å²) in [5, 5.41) is 3.39. The molecule has 3 heteroatoms. The number of rotatable bonds is 3. The molecule has 1 N–H and O–H groups in total. The molecule has 0 aromatic carbocycles. The number of methoxy groups -OCH3 is 1. The van der Waals surface area contributed by atoms with Crippen LogP contribution in [0.5, 0.6) is 0 Å². The number of ether oxygens (including phenoxy) is 1. The monoisotopic (exact) mass is 170 g/mol. The molecule has 2 heterocycles. The quantitative estimate of drug-likeness (QED) is 0.641. The normalized spacial score (nSPS) is 32.2.